The van der Waals surface area contributed by atoms with Crippen LogP contribution in [0.5, 0.6) is 0 Å². The summed E-state index contributed by atoms with van der Waals surface area (Å²) in [6.07, 6.45) is 1.02. The fourth-order valence-electron chi connectivity index (χ4n) is 3.46. The molecule has 0 spiro atoms. The summed E-state index contributed by atoms with van der Waals surface area (Å²) in [6, 6.07) is 22.8. The number of nitrogens with one attached hydrogen (secondary N) is 2. The molecule has 4 aromatic rings. The Balaban J connectivity index is 1.58. The van der Waals surface area contributed by atoms with E-state index in [4.69, 9.17) is 4.74 Å². The van der Waals surface area contributed by atoms with Gasteiger partial charge in [0.1, 0.15) is 0 Å². The van der Waals surface area contributed by atoms with E-state index >= 15 is 0 Å². The number of aromatic nitrogens is 1. The average Bonchev–Trinajstić information content (AvgIpc) is 3.16. The number of benzene rings is 3. The summed E-state index contributed by atoms with van der Waals surface area (Å²) in [7, 11) is -3.49. The van der Waals surface area contributed by atoms with Crippen LogP contribution in [0.15, 0.2) is 78.9 Å². The van der Waals surface area contributed by atoms with E-state index in [9.17, 15) is 18.0 Å². The number of Topliss-reactive ketones (excluding diaryl/α,β-unsaturated/α-hetero) is 1. The molecule has 162 valence electrons. The molecule has 2 N–H and O–H groups in total. The van der Waals surface area contributed by atoms with Gasteiger partial charge in [0.2, 0.25) is 15.8 Å². The molecule has 7 nitrogen and oxygen atoms in total. The zero-order valence-corrected chi connectivity index (χ0v) is 18.0. The first-order valence-corrected chi connectivity index (χ1v) is 11.7. The van der Waals surface area contributed by atoms with Crippen LogP contribution in [-0.2, 0) is 14.8 Å². The smallest absolute Gasteiger partial charge is 0.338 e. The Kier molecular flexibility index (Phi) is 5.79. The first-order valence-electron chi connectivity index (χ1n) is 9.76. The largest absolute Gasteiger partial charge is 0.454 e. The fraction of sp³-hybridized carbons (Fsp3) is 0.0833. The Hall–Kier alpha value is -3.91. The van der Waals surface area contributed by atoms with E-state index in [2.05, 4.69) is 9.71 Å². The van der Waals surface area contributed by atoms with Crippen LogP contribution in [0.1, 0.15) is 20.7 Å². The third-order valence-electron chi connectivity index (χ3n) is 4.78. The molecule has 1 heterocycles. The molecule has 3 aromatic carbocycles. The van der Waals surface area contributed by atoms with Crippen molar-refractivity contribution in [3.63, 3.8) is 0 Å². The van der Waals surface area contributed by atoms with Crippen molar-refractivity contribution in [3.05, 3.63) is 90.0 Å². The molecule has 0 aliphatic rings. The van der Waals surface area contributed by atoms with E-state index in [0.717, 1.165) is 22.7 Å². The van der Waals surface area contributed by atoms with Gasteiger partial charge in [-0.3, -0.25) is 9.52 Å². The summed E-state index contributed by atoms with van der Waals surface area (Å²) in [5.74, 6) is -1.07. The van der Waals surface area contributed by atoms with E-state index in [1.807, 2.05) is 54.6 Å². The maximum absolute atomic E-state index is 13.1. The summed E-state index contributed by atoms with van der Waals surface area (Å²) in [5.41, 5.74) is 3.13. The van der Waals surface area contributed by atoms with Crippen LogP contribution in [0, 0.1) is 0 Å². The number of hydrogen-bond donors (Lipinski definition) is 2. The van der Waals surface area contributed by atoms with Crippen molar-refractivity contribution in [3.8, 4) is 11.3 Å². The van der Waals surface area contributed by atoms with Crippen molar-refractivity contribution < 1.29 is 22.7 Å². The standard InChI is InChI=1S/C24H20N2O5S/c1-32(29,30)26-18-11-7-10-17(14-18)24(28)31-15-21(27)22-19-12-5-6-13-20(19)25-23(22)16-8-3-2-4-9-16/h2-14,25-26H,15H2,1H3. The second-order valence-corrected chi connectivity index (χ2v) is 8.99. The molecule has 0 fully saturated rings. The van der Waals surface area contributed by atoms with Gasteiger partial charge in [-0.05, 0) is 29.8 Å². The lowest BCUT2D eigenvalue weighted by Crippen LogP contribution is -2.15. The number of hydrogen-bond acceptors (Lipinski definition) is 5. The number of esters is 1. The van der Waals surface area contributed by atoms with Gasteiger partial charge in [-0.15, -0.1) is 0 Å². The number of carbonyl (C=O) groups excluding carboxylic acids is 2. The molecule has 0 unspecified atom stereocenters. The average molecular weight is 449 g/mol. The predicted molar refractivity (Wildman–Crippen MR) is 123 cm³/mol. The van der Waals surface area contributed by atoms with Crippen molar-refractivity contribution in [2.45, 2.75) is 0 Å². The molecule has 8 heteroatoms. The Labute approximate surface area is 185 Å². The summed E-state index contributed by atoms with van der Waals surface area (Å²) >= 11 is 0. The molecule has 0 bridgehead atoms. The van der Waals surface area contributed by atoms with Crippen LogP contribution in [0.25, 0.3) is 22.2 Å². The highest BCUT2D eigenvalue weighted by molar-refractivity contribution is 7.92. The summed E-state index contributed by atoms with van der Waals surface area (Å²) in [4.78, 5) is 28.9. The van der Waals surface area contributed by atoms with Crippen molar-refractivity contribution in [1.82, 2.24) is 4.98 Å². The zero-order chi connectivity index (χ0) is 22.7. The number of H-pyrrole nitrogens is 1. The second-order valence-electron chi connectivity index (χ2n) is 7.24. The monoisotopic (exact) mass is 448 g/mol. The van der Waals surface area contributed by atoms with E-state index < -0.39 is 22.6 Å². The number of ketones is 1. The van der Waals surface area contributed by atoms with Gasteiger partial charge < -0.3 is 9.72 Å². The van der Waals surface area contributed by atoms with E-state index in [1.165, 1.54) is 24.3 Å². The molecular weight excluding hydrogens is 428 g/mol. The zero-order valence-electron chi connectivity index (χ0n) is 17.2. The third-order valence-corrected chi connectivity index (χ3v) is 5.39. The lowest BCUT2D eigenvalue weighted by atomic mass is 10.0. The number of carbonyl (C=O) groups is 2. The van der Waals surface area contributed by atoms with Gasteiger partial charge in [-0.25, -0.2) is 13.2 Å². The summed E-state index contributed by atoms with van der Waals surface area (Å²) in [6.45, 7) is -0.454. The number of ether oxygens (including phenoxy) is 1. The first kappa shape index (κ1) is 21.3. The van der Waals surface area contributed by atoms with Crippen LogP contribution in [0.4, 0.5) is 5.69 Å². The number of aromatic amines is 1. The molecule has 0 saturated heterocycles. The van der Waals surface area contributed by atoms with Gasteiger partial charge in [0, 0.05) is 16.6 Å². The maximum Gasteiger partial charge on any atom is 0.338 e. The topological polar surface area (TPSA) is 105 Å². The minimum atomic E-state index is -3.49. The number of rotatable bonds is 7. The normalized spacial score (nSPS) is 11.3. The summed E-state index contributed by atoms with van der Waals surface area (Å²) in [5, 5.41) is 0.742. The molecule has 32 heavy (non-hydrogen) atoms. The highest BCUT2D eigenvalue weighted by Crippen LogP contribution is 2.30. The Morgan fingerprint density at radius 1 is 0.938 bits per heavy atom. The Bertz CT molecular complexity index is 1410. The lowest BCUT2D eigenvalue weighted by molar-refractivity contribution is 0.0475. The van der Waals surface area contributed by atoms with Crippen molar-refractivity contribution >= 4 is 38.4 Å². The highest BCUT2D eigenvalue weighted by Gasteiger charge is 2.21. The van der Waals surface area contributed by atoms with Crippen molar-refractivity contribution in [1.29, 1.82) is 0 Å². The first-order chi connectivity index (χ1) is 15.3. The van der Waals surface area contributed by atoms with E-state index in [1.54, 1.807) is 0 Å². The number of para-hydroxylation sites is 1. The molecule has 1 aromatic heterocycles. The predicted octanol–water partition coefficient (Wildman–Crippen LogP) is 4.25. The van der Waals surface area contributed by atoms with Crippen LogP contribution >= 0.6 is 0 Å². The van der Waals surface area contributed by atoms with E-state index in [-0.39, 0.29) is 17.0 Å². The van der Waals surface area contributed by atoms with Gasteiger partial charge in [0.25, 0.3) is 0 Å². The minimum absolute atomic E-state index is 0.133. The molecule has 0 aliphatic carbocycles. The Morgan fingerprint density at radius 3 is 2.41 bits per heavy atom. The minimum Gasteiger partial charge on any atom is -0.454 e. The second kappa shape index (κ2) is 8.68. The molecule has 0 atom stereocenters. The third kappa shape index (κ3) is 4.70. The van der Waals surface area contributed by atoms with Crippen molar-refractivity contribution in [2.75, 3.05) is 17.6 Å². The van der Waals surface area contributed by atoms with Gasteiger partial charge in [-0.2, -0.15) is 0 Å². The molecule has 0 saturated carbocycles. The van der Waals surface area contributed by atoms with E-state index in [0.29, 0.717) is 11.3 Å². The summed E-state index contributed by atoms with van der Waals surface area (Å²) < 4.78 is 30.4. The lowest BCUT2D eigenvalue weighted by Gasteiger charge is -2.08. The molecular formula is C24H20N2O5S. The SMILES string of the molecule is CS(=O)(=O)Nc1cccc(C(=O)OCC(=O)c2c(-c3ccccc3)[nH]c3ccccc23)c1. The van der Waals surface area contributed by atoms with Gasteiger partial charge in [0.05, 0.1) is 23.1 Å². The molecule has 0 amide bonds. The number of fused-ring (bicyclic) bond motifs is 1. The molecule has 0 aliphatic heterocycles. The van der Waals surface area contributed by atoms with Crippen LogP contribution in [-0.4, -0.2) is 38.0 Å². The molecule has 0 radical (unpaired) electrons. The highest BCUT2D eigenvalue weighted by atomic mass is 32.2. The number of sulfonamides is 1. The van der Waals surface area contributed by atoms with Crippen LogP contribution < -0.4 is 4.72 Å². The quantitative estimate of drug-likeness (QED) is 0.325. The van der Waals surface area contributed by atoms with Gasteiger partial charge >= 0.3 is 5.97 Å². The van der Waals surface area contributed by atoms with Crippen LogP contribution in [0.3, 0.4) is 0 Å². The number of anilines is 1. The van der Waals surface area contributed by atoms with Crippen LogP contribution in [0.2, 0.25) is 0 Å². The Morgan fingerprint density at radius 2 is 1.66 bits per heavy atom. The molecule has 4 rings (SSSR count). The maximum atomic E-state index is 13.1. The van der Waals surface area contributed by atoms with Gasteiger partial charge in [0.15, 0.2) is 6.61 Å². The fourth-order valence-corrected chi connectivity index (χ4v) is 4.02. The van der Waals surface area contributed by atoms with Gasteiger partial charge in [-0.1, -0.05) is 54.6 Å². The van der Waals surface area contributed by atoms with Crippen molar-refractivity contribution in [2.24, 2.45) is 0 Å².